The lowest BCUT2D eigenvalue weighted by atomic mass is 10.1. The third-order valence-corrected chi connectivity index (χ3v) is 1.73. The fourth-order valence-electron chi connectivity index (χ4n) is 1.07. The Labute approximate surface area is 74.2 Å². The first kappa shape index (κ1) is 7.93. The summed E-state index contributed by atoms with van der Waals surface area (Å²) in [5.74, 6) is 0. The lowest BCUT2D eigenvalue weighted by Gasteiger charge is -2.01. The van der Waals surface area contributed by atoms with Gasteiger partial charge in [0.25, 0.3) is 0 Å². The second kappa shape index (κ2) is 2.98. The minimum absolute atomic E-state index is 0.518. The molecule has 2 aromatic rings. The normalized spacial score (nSPS) is 13.1. The van der Waals surface area contributed by atoms with Gasteiger partial charge in [-0.3, -0.25) is 5.10 Å². The van der Waals surface area contributed by atoms with E-state index in [0.29, 0.717) is 11.3 Å². The zero-order valence-corrected chi connectivity index (χ0v) is 7.05. The number of aromatic nitrogens is 5. The van der Waals surface area contributed by atoms with E-state index in [1.165, 1.54) is 11.0 Å². The number of hydrogen-bond donors (Lipinski definition) is 2. The van der Waals surface area contributed by atoms with E-state index in [2.05, 4.69) is 20.4 Å². The van der Waals surface area contributed by atoms with Gasteiger partial charge in [-0.15, -0.1) is 0 Å². The maximum absolute atomic E-state index is 9.72. The largest absolute Gasteiger partial charge is 0.382 e. The zero-order valence-electron chi connectivity index (χ0n) is 7.05. The van der Waals surface area contributed by atoms with Crippen molar-refractivity contribution in [3.8, 4) is 0 Å². The van der Waals surface area contributed by atoms with E-state index in [1.54, 1.807) is 19.4 Å². The predicted octanol–water partition coefficient (Wildman–Crippen LogP) is -0.380. The molecule has 0 spiro atoms. The van der Waals surface area contributed by atoms with Crippen LogP contribution in [0, 0.1) is 0 Å². The molecule has 0 aromatic carbocycles. The molecular weight excluding hydrogens is 170 g/mol. The molecule has 0 aliphatic rings. The van der Waals surface area contributed by atoms with E-state index < -0.39 is 6.10 Å². The molecule has 2 rings (SSSR count). The Hall–Kier alpha value is -1.69. The second-order valence-corrected chi connectivity index (χ2v) is 2.69. The monoisotopic (exact) mass is 179 g/mol. The molecule has 0 saturated carbocycles. The maximum atomic E-state index is 9.72. The van der Waals surface area contributed by atoms with Crippen molar-refractivity contribution in [1.82, 2.24) is 25.2 Å². The summed E-state index contributed by atoms with van der Waals surface area (Å²) in [5.41, 5.74) is 1.20. The molecule has 6 heteroatoms. The number of aromatic amines is 1. The molecule has 0 fully saturated rings. The molecule has 1 unspecified atom stereocenters. The molecule has 2 aromatic heterocycles. The minimum atomic E-state index is -0.757. The van der Waals surface area contributed by atoms with Crippen LogP contribution in [0.25, 0.3) is 0 Å². The van der Waals surface area contributed by atoms with Gasteiger partial charge in [0, 0.05) is 18.8 Å². The van der Waals surface area contributed by atoms with Crippen LogP contribution >= 0.6 is 0 Å². The number of nitrogens with zero attached hydrogens (tertiary/aromatic N) is 4. The van der Waals surface area contributed by atoms with Crippen LogP contribution in [0.5, 0.6) is 0 Å². The lowest BCUT2D eigenvalue weighted by molar-refractivity contribution is 0.214. The molecule has 13 heavy (non-hydrogen) atoms. The topological polar surface area (TPSA) is 79.6 Å². The smallest absolute Gasteiger partial charge is 0.127 e. The molecule has 68 valence electrons. The summed E-state index contributed by atoms with van der Waals surface area (Å²) in [4.78, 5) is 1.40. The fraction of sp³-hybridized carbons (Fsp3) is 0.286. The Balaban J connectivity index is 2.28. The second-order valence-electron chi connectivity index (χ2n) is 2.69. The van der Waals surface area contributed by atoms with Crippen LogP contribution in [0.4, 0.5) is 0 Å². The fourth-order valence-corrected chi connectivity index (χ4v) is 1.07. The summed E-state index contributed by atoms with van der Waals surface area (Å²) in [6.07, 6.45) is 3.95. The Morgan fingerprint density at radius 1 is 1.54 bits per heavy atom. The molecule has 2 heterocycles. The highest BCUT2D eigenvalue weighted by atomic mass is 16.3. The summed E-state index contributed by atoms with van der Waals surface area (Å²) >= 11 is 0. The van der Waals surface area contributed by atoms with Crippen molar-refractivity contribution in [2.75, 3.05) is 0 Å². The van der Waals surface area contributed by atoms with Gasteiger partial charge >= 0.3 is 0 Å². The molecule has 0 aliphatic heterocycles. The Bertz CT molecular complexity index is 379. The average molecular weight is 179 g/mol. The summed E-state index contributed by atoms with van der Waals surface area (Å²) in [6.45, 7) is 0. The number of aliphatic hydroxyl groups excluding tert-OH is 1. The van der Waals surface area contributed by atoms with E-state index in [-0.39, 0.29) is 0 Å². The van der Waals surface area contributed by atoms with Gasteiger partial charge < -0.3 is 5.11 Å². The van der Waals surface area contributed by atoms with Gasteiger partial charge in [-0.25, -0.2) is 0 Å². The van der Waals surface area contributed by atoms with Gasteiger partial charge in [-0.2, -0.15) is 20.1 Å². The summed E-state index contributed by atoms with van der Waals surface area (Å²) < 4.78 is 0. The molecule has 0 aliphatic carbocycles. The lowest BCUT2D eigenvalue weighted by Crippen LogP contribution is -2.00. The highest BCUT2D eigenvalue weighted by Crippen LogP contribution is 2.17. The van der Waals surface area contributed by atoms with Gasteiger partial charge in [-0.1, -0.05) is 0 Å². The number of rotatable bonds is 2. The van der Waals surface area contributed by atoms with Gasteiger partial charge in [0.15, 0.2) is 0 Å². The van der Waals surface area contributed by atoms with Gasteiger partial charge in [0.05, 0.1) is 12.4 Å². The van der Waals surface area contributed by atoms with E-state index in [1.807, 2.05) is 0 Å². The van der Waals surface area contributed by atoms with E-state index >= 15 is 0 Å². The molecule has 6 nitrogen and oxygen atoms in total. The molecule has 0 bridgehead atoms. The number of aliphatic hydroxyl groups is 1. The van der Waals surface area contributed by atoms with E-state index in [4.69, 9.17) is 0 Å². The highest BCUT2D eigenvalue weighted by molar-refractivity contribution is 5.17. The van der Waals surface area contributed by atoms with Crippen LogP contribution in [0.1, 0.15) is 17.4 Å². The molecule has 0 saturated heterocycles. The van der Waals surface area contributed by atoms with Crippen LogP contribution < -0.4 is 0 Å². The molecule has 0 amide bonds. The molecule has 2 N–H and O–H groups in total. The summed E-state index contributed by atoms with van der Waals surface area (Å²) in [7, 11) is 1.70. The third kappa shape index (κ3) is 1.43. The van der Waals surface area contributed by atoms with Gasteiger partial charge in [0.2, 0.25) is 0 Å². The molecular formula is C7H9N5O. The number of aryl methyl sites for hydroxylation is 1. The molecule has 1 atom stereocenters. The first-order valence-electron chi connectivity index (χ1n) is 3.80. The Morgan fingerprint density at radius 3 is 2.92 bits per heavy atom. The predicted molar refractivity (Wildman–Crippen MR) is 43.7 cm³/mol. The van der Waals surface area contributed by atoms with Crippen LogP contribution in [-0.2, 0) is 7.05 Å². The Kier molecular flexibility index (Phi) is 1.82. The van der Waals surface area contributed by atoms with Crippen molar-refractivity contribution in [2.45, 2.75) is 6.10 Å². The van der Waals surface area contributed by atoms with E-state index in [9.17, 15) is 5.11 Å². The number of nitrogens with one attached hydrogen (secondary N) is 1. The Morgan fingerprint density at radius 2 is 2.38 bits per heavy atom. The van der Waals surface area contributed by atoms with Crippen molar-refractivity contribution in [3.63, 3.8) is 0 Å². The van der Waals surface area contributed by atoms with Crippen LogP contribution in [0.15, 0.2) is 18.6 Å². The number of hydrogen-bond acceptors (Lipinski definition) is 4. The third-order valence-electron chi connectivity index (χ3n) is 1.73. The summed E-state index contributed by atoms with van der Waals surface area (Å²) in [5, 5.41) is 23.9. The van der Waals surface area contributed by atoms with Crippen molar-refractivity contribution < 1.29 is 5.11 Å². The van der Waals surface area contributed by atoms with Gasteiger partial charge in [-0.05, 0) is 0 Å². The van der Waals surface area contributed by atoms with Gasteiger partial charge in [0.1, 0.15) is 11.8 Å². The van der Waals surface area contributed by atoms with Crippen LogP contribution in [0.2, 0.25) is 0 Å². The SMILES string of the molecule is Cn1ncc(C(O)c2cn[nH]c2)n1. The van der Waals surface area contributed by atoms with Crippen LogP contribution in [0.3, 0.4) is 0 Å². The summed E-state index contributed by atoms with van der Waals surface area (Å²) in [6, 6.07) is 0. The molecule has 0 radical (unpaired) electrons. The highest BCUT2D eigenvalue weighted by Gasteiger charge is 2.14. The minimum Gasteiger partial charge on any atom is -0.382 e. The van der Waals surface area contributed by atoms with Crippen molar-refractivity contribution in [3.05, 3.63) is 29.8 Å². The van der Waals surface area contributed by atoms with Crippen molar-refractivity contribution >= 4 is 0 Å². The standard InChI is InChI=1S/C7H9N5O/c1-12-10-4-6(11-12)7(13)5-2-8-9-3-5/h2-4,7,13H,1H3,(H,8,9). The van der Waals surface area contributed by atoms with Crippen LogP contribution in [-0.4, -0.2) is 30.3 Å². The number of H-pyrrole nitrogens is 1. The van der Waals surface area contributed by atoms with Crippen molar-refractivity contribution in [1.29, 1.82) is 0 Å². The quantitative estimate of drug-likeness (QED) is 0.658. The van der Waals surface area contributed by atoms with E-state index in [0.717, 1.165) is 0 Å². The first-order valence-corrected chi connectivity index (χ1v) is 3.80. The zero-order chi connectivity index (χ0) is 9.26. The average Bonchev–Trinajstić information content (AvgIpc) is 2.72. The first-order chi connectivity index (χ1) is 6.27. The maximum Gasteiger partial charge on any atom is 0.127 e. The van der Waals surface area contributed by atoms with Crippen molar-refractivity contribution in [2.24, 2.45) is 7.05 Å².